The summed E-state index contributed by atoms with van der Waals surface area (Å²) < 4.78 is 1.96. The maximum Gasteiger partial charge on any atom is 0.0540 e. The van der Waals surface area contributed by atoms with E-state index in [0.717, 1.165) is 12.1 Å². The van der Waals surface area contributed by atoms with Gasteiger partial charge in [-0.05, 0) is 46.6 Å². The van der Waals surface area contributed by atoms with Crippen molar-refractivity contribution in [3.05, 3.63) is 17.5 Å². The van der Waals surface area contributed by atoms with Crippen LogP contribution in [0, 0.1) is 6.92 Å². The molecule has 1 aromatic heterocycles. The molecule has 1 N–H and O–H groups in total. The molecule has 106 valence electrons. The van der Waals surface area contributed by atoms with Gasteiger partial charge in [0.15, 0.2) is 0 Å². The van der Waals surface area contributed by atoms with Gasteiger partial charge in [-0.15, -0.1) is 0 Å². The standard InChI is InChI=1S/C15H26N4/c1-10(15-9-16-19(4)11(15)2)17-12-7-13-5-6-14(8-12)18(13)3/h9-10,12-14,17H,5-8H2,1-4H3. The van der Waals surface area contributed by atoms with Crippen LogP contribution in [0.5, 0.6) is 0 Å². The van der Waals surface area contributed by atoms with Crippen LogP contribution >= 0.6 is 0 Å². The molecule has 2 aliphatic heterocycles. The molecule has 0 saturated carbocycles. The second kappa shape index (κ2) is 4.91. The van der Waals surface area contributed by atoms with Crippen molar-refractivity contribution in [3.63, 3.8) is 0 Å². The number of aryl methyl sites for hydroxylation is 1. The minimum atomic E-state index is 0.404. The molecule has 3 rings (SSSR count). The zero-order valence-electron chi connectivity index (χ0n) is 12.6. The summed E-state index contributed by atoms with van der Waals surface area (Å²) >= 11 is 0. The van der Waals surface area contributed by atoms with Gasteiger partial charge in [-0.3, -0.25) is 4.68 Å². The van der Waals surface area contributed by atoms with Gasteiger partial charge in [0.05, 0.1) is 6.20 Å². The summed E-state index contributed by atoms with van der Waals surface area (Å²) in [4.78, 5) is 2.60. The lowest BCUT2D eigenvalue weighted by atomic mass is 9.96. The fourth-order valence-electron chi connectivity index (χ4n) is 3.93. The quantitative estimate of drug-likeness (QED) is 0.904. The van der Waals surface area contributed by atoms with Gasteiger partial charge in [-0.1, -0.05) is 0 Å². The van der Waals surface area contributed by atoms with Crippen molar-refractivity contribution in [1.82, 2.24) is 20.0 Å². The van der Waals surface area contributed by atoms with Crippen LogP contribution in [0.1, 0.15) is 49.9 Å². The van der Waals surface area contributed by atoms with Crippen molar-refractivity contribution < 1.29 is 0 Å². The topological polar surface area (TPSA) is 33.1 Å². The molecule has 0 aliphatic carbocycles. The highest BCUT2D eigenvalue weighted by atomic mass is 15.3. The molecule has 0 spiro atoms. The number of nitrogens with one attached hydrogen (secondary N) is 1. The van der Waals surface area contributed by atoms with E-state index in [1.54, 1.807) is 0 Å². The minimum absolute atomic E-state index is 0.404. The van der Waals surface area contributed by atoms with E-state index in [1.807, 2.05) is 17.9 Å². The Kier molecular flexibility index (Phi) is 3.39. The first kappa shape index (κ1) is 13.1. The van der Waals surface area contributed by atoms with E-state index in [-0.39, 0.29) is 0 Å². The molecule has 0 aromatic carbocycles. The van der Waals surface area contributed by atoms with Crippen LogP contribution in [0.15, 0.2) is 6.20 Å². The Morgan fingerprint density at radius 2 is 1.89 bits per heavy atom. The Hall–Kier alpha value is -0.870. The van der Waals surface area contributed by atoms with Crippen LogP contribution in [0.25, 0.3) is 0 Å². The molecule has 0 radical (unpaired) electrons. The highest BCUT2D eigenvalue weighted by Gasteiger charge is 2.38. The van der Waals surface area contributed by atoms with Gasteiger partial charge in [-0.25, -0.2) is 0 Å². The maximum atomic E-state index is 4.35. The van der Waals surface area contributed by atoms with Crippen LogP contribution in [0.3, 0.4) is 0 Å². The summed E-state index contributed by atoms with van der Waals surface area (Å²) in [5.74, 6) is 0. The van der Waals surface area contributed by atoms with Crippen molar-refractivity contribution in [2.24, 2.45) is 7.05 Å². The Labute approximate surface area is 116 Å². The van der Waals surface area contributed by atoms with E-state index in [9.17, 15) is 0 Å². The van der Waals surface area contributed by atoms with Crippen molar-refractivity contribution >= 4 is 0 Å². The average molecular weight is 262 g/mol. The number of fused-ring (bicyclic) bond motifs is 2. The molecule has 0 amide bonds. The van der Waals surface area contributed by atoms with Crippen LogP contribution < -0.4 is 5.32 Å². The monoisotopic (exact) mass is 262 g/mol. The molecule has 1 aromatic rings. The predicted octanol–water partition coefficient (Wildman–Crippen LogP) is 2.00. The summed E-state index contributed by atoms with van der Waals surface area (Å²) in [6, 6.07) is 2.68. The highest BCUT2D eigenvalue weighted by Crippen LogP contribution is 2.35. The third kappa shape index (κ3) is 2.32. The first-order valence-electron chi connectivity index (χ1n) is 7.52. The van der Waals surface area contributed by atoms with Crippen LogP contribution in [0.4, 0.5) is 0 Å². The lowest BCUT2D eigenvalue weighted by Gasteiger charge is -2.38. The molecule has 2 saturated heterocycles. The molecule has 2 bridgehead atoms. The van der Waals surface area contributed by atoms with E-state index >= 15 is 0 Å². The van der Waals surface area contributed by atoms with Crippen molar-refractivity contribution in [1.29, 1.82) is 0 Å². The Morgan fingerprint density at radius 1 is 1.26 bits per heavy atom. The third-order valence-electron chi connectivity index (χ3n) is 5.32. The fraction of sp³-hybridized carbons (Fsp3) is 0.800. The number of rotatable bonds is 3. The van der Waals surface area contributed by atoms with Gasteiger partial charge < -0.3 is 10.2 Å². The second-order valence-electron chi connectivity index (χ2n) is 6.42. The normalized spacial score (nSPS) is 32.7. The van der Waals surface area contributed by atoms with Gasteiger partial charge >= 0.3 is 0 Å². The third-order valence-corrected chi connectivity index (χ3v) is 5.32. The Morgan fingerprint density at radius 3 is 2.42 bits per heavy atom. The lowest BCUT2D eigenvalue weighted by molar-refractivity contribution is 0.144. The molecular weight excluding hydrogens is 236 g/mol. The smallest absolute Gasteiger partial charge is 0.0540 e. The number of hydrogen-bond donors (Lipinski definition) is 1. The van der Waals surface area contributed by atoms with E-state index < -0.39 is 0 Å². The molecule has 3 heterocycles. The van der Waals surface area contributed by atoms with Gasteiger partial charge in [0.1, 0.15) is 0 Å². The molecule has 2 fully saturated rings. The van der Waals surface area contributed by atoms with Crippen LogP contribution in [-0.4, -0.2) is 39.9 Å². The molecule has 19 heavy (non-hydrogen) atoms. The number of aromatic nitrogens is 2. The maximum absolute atomic E-state index is 4.35. The van der Waals surface area contributed by atoms with Crippen molar-refractivity contribution in [3.8, 4) is 0 Å². The molecular formula is C15H26N4. The highest BCUT2D eigenvalue weighted by molar-refractivity contribution is 5.20. The second-order valence-corrected chi connectivity index (χ2v) is 6.42. The summed E-state index contributed by atoms with van der Waals surface area (Å²) in [6.45, 7) is 4.42. The summed E-state index contributed by atoms with van der Waals surface area (Å²) in [5.41, 5.74) is 2.62. The molecule has 4 heteroatoms. The summed E-state index contributed by atoms with van der Waals surface area (Å²) in [7, 11) is 4.31. The number of hydrogen-bond acceptors (Lipinski definition) is 3. The largest absolute Gasteiger partial charge is 0.307 e. The van der Waals surface area contributed by atoms with Crippen molar-refractivity contribution in [2.45, 2.75) is 63.7 Å². The van der Waals surface area contributed by atoms with Gasteiger partial charge in [0, 0.05) is 42.5 Å². The first-order valence-corrected chi connectivity index (χ1v) is 7.52. The Balaban J connectivity index is 1.64. The predicted molar refractivity (Wildman–Crippen MR) is 77.1 cm³/mol. The number of piperidine rings is 1. The summed E-state index contributed by atoms with van der Waals surface area (Å²) in [6.07, 6.45) is 7.39. The Bertz CT molecular complexity index is 439. The fourth-order valence-corrected chi connectivity index (χ4v) is 3.93. The van der Waals surface area contributed by atoms with Gasteiger partial charge in [0.25, 0.3) is 0 Å². The lowest BCUT2D eigenvalue weighted by Crippen LogP contribution is -2.47. The van der Waals surface area contributed by atoms with Gasteiger partial charge in [0.2, 0.25) is 0 Å². The van der Waals surface area contributed by atoms with E-state index in [1.165, 1.54) is 36.9 Å². The van der Waals surface area contributed by atoms with Crippen LogP contribution in [0.2, 0.25) is 0 Å². The number of nitrogens with zero attached hydrogens (tertiary/aromatic N) is 3. The van der Waals surface area contributed by atoms with Crippen LogP contribution in [-0.2, 0) is 7.05 Å². The van der Waals surface area contributed by atoms with Crippen molar-refractivity contribution in [2.75, 3.05) is 7.05 Å². The zero-order valence-corrected chi connectivity index (χ0v) is 12.6. The summed E-state index contributed by atoms with van der Waals surface area (Å²) in [5, 5.41) is 8.18. The van der Waals surface area contributed by atoms with E-state index in [2.05, 4.69) is 36.2 Å². The molecule has 3 unspecified atom stereocenters. The minimum Gasteiger partial charge on any atom is -0.307 e. The molecule has 3 atom stereocenters. The van der Waals surface area contributed by atoms with Gasteiger partial charge in [-0.2, -0.15) is 5.10 Å². The molecule has 4 nitrogen and oxygen atoms in total. The van der Waals surface area contributed by atoms with E-state index in [0.29, 0.717) is 12.1 Å². The average Bonchev–Trinajstić information content (AvgIpc) is 2.79. The zero-order chi connectivity index (χ0) is 13.6. The first-order chi connectivity index (χ1) is 9.06. The molecule has 2 aliphatic rings. The SMILES string of the molecule is Cc1c(C(C)NC2CC3CCC(C2)N3C)cnn1C. The van der Waals surface area contributed by atoms with E-state index in [4.69, 9.17) is 0 Å².